The van der Waals surface area contributed by atoms with Crippen LogP contribution in [0.2, 0.25) is 0 Å². The Morgan fingerprint density at radius 1 is 1.35 bits per heavy atom. The summed E-state index contributed by atoms with van der Waals surface area (Å²) in [5.74, 6) is 0.310. The number of rotatable bonds is 5. The van der Waals surface area contributed by atoms with Gasteiger partial charge in [-0.2, -0.15) is 0 Å². The maximum atomic E-state index is 12.2. The maximum absolute atomic E-state index is 12.2. The number of carbonyl (C=O) groups excluding carboxylic acids is 1. The van der Waals surface area contributed by atoms with Crippen molar-refractivity contribution < 1.29 is 9.90 Å². The topological polar surface area (TPSA) is 52.6 Å². The second-order valence-electron chi connectivity index (χ2n) is 5.25. The van der Waals surface area contributed by atoms with Crippen LogP contribution in [0.25, 0.3) is 0 Å². The van der Waals surface area contributed by atoms with Gasteiger partial charge in [0.25, 0.3) is 0 Å². The lowest BCUT2D eigenvalue weighted by Gasteiger charge is -2.26. The van der Waals surface area contributed by atoms with E-state index in [9.17, 15) is 4.79 Å². The Kier molecular flexibility index (Phi) is 4.80. The molecule has 2 atom stereocenters. The molecule has 98 valence electrons. The Hall–Kier alpha value is -0.610. The molecule has 0 aromatic rings. The van der Waals surface area contributed by atoms with E-state index in [0.717, 1.165) is 45.2 Å². The van der Waals surface area contributed by atoms with Gasteiger partial charge in [0.05, 0.1) is 0 Å². The van der Waals surface area contributed by atoms with Crippen LogP contribution in [0.15, 0.2) is 0 Å². The van der Waals surface area contributed by atoms with Crippen LogP contribution in [0.1, 0.15) is 44.9 Å². The second-order valence-corrected chi connectivity index (χ2v) is 5.25. The standard InChI is InChI=1S/C13H24N2O2/c16-9-3-6-12-5-2-8-15(12)13(17)10-11-4-1-7-14-11/h11-12,14,16H,1-10H2. The Bertz CT molecular complexity index is 252. The Morgan fingerprint density at radius 2 is 2.24 bits per heavy atom. The first-order valence-corrected chi connectivity index (χ1v) is 6.95. The van der Waals surface area contributed by atoms with Crippen molar-refractivity contribution in [2.75, 3.05) is 19.7 Å². The molecular formula is C13H24N2O2. The van der Waals surface area contributed by atoms with Crippen molar-refractivity contribution >= 4 is 5.91 Å². The van der Waals surface area contributed by atoms with Gasteiger partial charge in [0.15, 0.2) is 0 Å². The van der Waals surface area contributed by atoms with Crippen molar-refractivity contribution in [1.29, 1.82) is 0 Å². The van der Waals surface area contributed by atoms with Gasteiger partial charge in [-0.15, -0.1) is 0 Å². The molecule has 0 spiro atoms. The Labute approximate surface area is 103 Å². The van der Waals surface area contributed by atoms with Gasteiger partial charge in [0, 0.05) is 31.7 Å². The highest BCUT2D eigenvalue weighted by molar-refractivity contribution is 5.77. The van der Waals surface area contributed by atoms with Gasteiger partial charge >= 0.3 is 0 Å². The number of aliphatic hydroxyl groups excluding tert-OH is 1. The number of nitrogens with zero attached hydrogens (tertiary/aromatic N) is 1. The lowest BCUT2D eigenvalue weighted by atomic mass is 10.1. The molecule has 2 saturated heterocycles. The molecule has 2 N–H and O–H groups in total. The molecular weight excluding hydrogens is 216 g/mol. The fourth-order valence-electron chi connectivity index (χ4n) is 3.05. The van der Waals surface area contributed by atoms with E-state index in [1.165, 1.54) is 6.42 Å². The van der Waals surface area contributed by atoms with E-state index >= 15 is 0 Å². The molecule has 0 radical (unpaired) electrons. The highest BCUT2D eigenvalue weighted by atomic mass is 16.3. The van der Waals surface area contributed by atoms with E-state index in [2.05, 4.69) is 10.2 Å². The van der Waals surface area contributed by atoms with Gasteiger partial charge in [-0.25, -0.2) is 0 Å². The van der Waals surface area contributed by atoms with Gasteiger partial charge in [-0.05, 0) is 45.1 Å². The van der Waals surface area contributed by atoms with Crippen molar-refractivity contribution in [3.63, 3.8) is 0 Å². The molecule has 1 amide bonds. The minimum absolute atomic E-state index is 0.239. The number of hydrogen-bond donors (Lipinski definition) is 2. The Balaban J connectivity index is 1.80. The minimum atomic E-state index is 0.239. The summed E-state index contributed by atoms with van der Waals surface area (Å²) in [5.41, 5.74) is 0. The highest BCUT2D eigenvalue weighted by Gasteiger charge is 2.29. The van der Waals surface area contributed by atoms with Gasteiger partial charge < -0.3 is 15.3 Å². The number of amides is 1. The van der Waals surface area contributed by atoms with Crippen LogP contribution in [0.3, 0.4) is 0 Å². The van der Waals surface area contributed by atoms with E-state index in [4.69, 9.17) is 5.11 Å². The van der Waals surface area contributed by atoms with E-state index in [0.29, 0.717) is 24.4 Å². The summed E-state index contributed by atoms with van der Waals surface area (Å²) >= 11 is 0. The van der Waals surface area contributed by atoms with Crippen LogP contribution in [0, 0.1) is 0 Å². The number of aliphatic hydroxyl groups is 1. The first-order chi connectivity index (χ1) is 8.31. The van der Waals surface area contributed by atoms with Gasteiger partial charge in [-0.1, -0.05) is 0 Å². The quantitative estimate of drug-likeness (QED) is 0.750. The zero-order valence-corrected chi connectivity index (χ0v) is 10.5. The third-order valence-electron chi connectivity index (χ3n) is 3.98. The summed E-state index contributed by atoms with van der Waals surface area (Å²) in [5, 5.41) is 12.2. The van der Waals surface area contributed by atoms with Crippen molar-refractivity contribution in [3.05, 3.63) is 0 Å². The summed E-state index contributed by atoms with van der Waals surface area (Å²) < 4.78 is 0. The molecule has 17 heavy (non-hydrogen) atoms. The molecule has 4 nitrogen and oxygen atoms in total. The molecule has 2 fully saturated rings. The van der Waals surface area contributed by atoms with Gasteiger partial charge in [-0.3, -0.25) is 4.79 Å². The average Bonchev–Trinajstić information content (AvgIpc) is 2.96. The summed E-state index contributed by atoms with van der Waals surface area (Å²) in [7, 11) is 0. The molecule has 4 heteroatoms. The lowest BCUT2D eigenvalue weighted by Crippen LogP contribution is -2.39. The molecule has 0 aromatic heterocycles. The molecule has 0 bridgehead atoms. The maximum Gasteiger partial charge on any atom is 0.224 e. The van der Waals surface area contributed by atoms with E-state index in [-0.39, 0.29) is 6.61 Å². The van der Waals surface area contributed by atoms with Crippen molar-refractivity contribution in [1.82, 2.24) is 10.2 Å². The minimum Gasteiger partial charge on any atom is -0.396 e. The third-order valence-corrected chi connectivity index (χ3v) is 3.98. The second kappa shape index (κ2) is 6.36. The molecule has 0 saturated carbocycles. The molecule has 2 heterocycles. The molecule has 0 aliphatic carbocycles. The van der Waals surface area contributed by atoms with E-state index < -0.39 is 0 Å². The summed E-state index contributed by atoms with van der Waals surface area (Å²) in [6.45, 7) is 2.22. The monoisotopic (exact) mass is 240 g/mol. The highest BCUT2D eigenvalue weighted by Crippen LogP contribution is 2.23. The average molecular weight is 240 g/mol. The van der Waals surface area contributed by atoms with E-state index in [1.807, 2.05) is 0 Å². The van der Waals surface area contributed by atoms with E-state index in [1.54, 1.807) is 0 Å². The van der Waals surface area contributed by atoms with Gasteiger partial charge in [0.1, 0.15) is 0 Å². The largest absolute Gasteiger partial charge is 0.396 e. The predicted octanol–water partition coefficient (Wildman–Crippen LogP) is 0.892. The molecule has 2 unspecified atom stereocenters. The summed E-state index contributed by atoms with van der Waals surface area (Å²) in [6, 6.07) is 0.789. The molecule has 2 aliphatic rings. The van der Waals surface area contributed by atoms with Crippen LogP contribution >= 0.6 is 0 Å². The zero-order valence-electron chi connectivity index (χ0n) is 10.5. The van der Waals surface area contributed by atoms with Crippen molar-refractivity contribution in [2.24, 2.45) is 0 Å². The SMILES string of the molecule is O=C(CC1CCCN1)N1CCCC1CCCO. The number of nitrogens with one attached hydrogen (secondary N) is 1. The third kappa shape index (κ3) is 3.42. The predicted molar refractivity (Wildman–Crippen MR) is 66.7 cm³/mol. The number of hydrogen-bond acceptors (Lipinski definition) is 3. The molecule has 0 aromatic carbocycles. The van der Waals surface area contributed by atoms with Crippen LogP contribution in [-0.2, 0) is 4.79 Å². The first kappa shape index (κ1) is 12.8. The number of carbonyl (C=O) groups is 1. The first-order valence-electron chi connectivity index (χ1n) is 6.95. The zero-order chi connectivity index (χ0) is 12.1. The van der Waals surface area contributed by atoms with Crippen molar-refractivity contribution in [2.45, 2.75) is 57.0 Å². The smallest absolute Gasteiger partial charge is 0.224 e. The van der Waals surface area contributed by atoms with Crippen LogP contribution in [-0.4, -0.2) is 47.7 Å². The molecule has 2 aliphatic heterocycles. The van der Waals surface area contributed by atoms with Crippen LogP contribution in [0.5, 0.6) is 0 Å². The summed E-state index contributed by atoms with van der Waals surface area (Å²) in [4.78, 5) is 14.2. The molecule has 2 rings (SSSR count). The lowest BCUT2D eigenvalue weighted by molar-refractivity contribution is -0.132. The number of likely N-dealkylation sites (tertiary alicyclic amines) is 1. The van der Waals surface area contributed by atoms with Crippen LogP contribution < -0.4 is 5.32 Å². The fraction of sp³-hybridized carbons (Fsp3) is 0.923. The normalized spacial score (nSPS) is 28.9. The fourth-order valence-corrected chi connectivity index (χ4v) is 3.05. The Morgan fingerprint density at radius 3 is 2.94 bits per heavy atom. The van der Waals surface area contributed by atoms with Crippen molar-refractivity contribution in [3.8, 4) is 0 Å². The summed E-state index contributed by atoms with van der Waals surface area (Å²) in [6.07, 6.45) is 7.02. The van der Waals surface area contributed by atoms with Gasteiger partial charge in [0.2, 0.25) is 5.91 Å². The van der Waals surface area contributed by atoms with Crippen LogP contribution in [0.4, 0.5) is 0 Å².